The Kier molecular flexibility index (Phi) is 7.02. The molecule has 0 aromatic heterocycles. The minimum Gasteiger partial charge on any atom is -0.496 e. The molecule has 1 aliphatic carbocycles. The number of aliphatic hydroxyl groups excluding tert-OH is 1. The molecule has 4 rings (SSSR count). The highest BCUT2D eigenvalue weighted by molar-refractivity contribution is 7.99. The lowest BCUT2D eigenvalue weighted by molar-refractivity contribution is 0.100. The second kappa shape index (κ2) is 10.1. The molecule has 32 heavy (non-hydrogen) atoms. The fourth-order valence-electron chi connectivity index (χ4n) is 4.10. The van der Waals surface area contributed by atoms with E-state index in [2.05, 4.69) is 17.4 Å². The van der Waals surface area contributed by atoms with E-state index in [1.165, 1.54) is 0 Å². The molecule has 4 N–H and O–H groups in total. The zero-order valence-corrected chi connectivity index (χ0v) is 18.9. The van der Waals surface area contributed by atoms with E-state index < -0.39 is 5.91 Å². The van der Waals surface area contributed by atoms with E-state index in [1.54, 1.807) is 24.9 Å². The summed E-state index contributed by atoms with van der Waals surface area (Å²) < 4.78 is 5.52. The average Bonchev–Trinajstić information content (AvgIpc) is 2.81. The van der Waals surface area contributed by atoms with Crippen LogP contribution in [0, 0.1) is 0 Å². The maximum absolute atomic E-state index is 12.1. The molecule has 0 aliphatic heterocycles. The van der Waals surface area contributed by atoms with Crippen LogP contribution in [0.3, 0.4) is 0 Å². The number of nitrogens with one attached hydrogen (secondary N) is 1. The molecule has 3 aromatic rings. The van der Waals surface area contributed by atoms with E-state index in [0.717, 1.165) is 58.0 Å². The van der Waals surface area contributed by atoms with Gasteiger partial charge in [-0.15, -0.1) is 0 Å². The Bertz CT molecular complexity index is 1090. The van der Waals surface area contributed by atoms with Crippen LogP contribution in [-0.4, -0.2) is 30.3 Å². The molecule has 1 saturated carbocycles. The van der Waals surface area contributed by atoms with Crippen molar-refractivity contribution in [1.29, 1.82) is 0 Å². The van der Waals surface area contributed by atoms with E-state index in [0.29, 0.717) is 5.56 Å². The van der Waals surface area contributed by atoms with E-state index in [1.807, 2.05) is 48.5 Å². The van der Waals surface area contributed by atoms with Crippen molar-refractivity contribution < 1.29 is 14.6 Å². The van der Waals surface area contributed by atoms with Crippen LogP contribution in [0.15, 0.2) is 76.5 Å². The van der Waals surface area contributed by atoms with Crippen LogP contribution in [-0.2, 0) is 0 Å². The summed E-state index contributed by atoms with van der Waals surface area (Å²) in [7, 11) is 1.68. The molecule has 5 nitrogen and oxygen atoms in total. The molecule has 1 amide bonds. The van der Waals surface area contributed by atoms with Crippen molar-refractivity contribution in [3.63, 3.8) is 0 Å². The molecule has 0 atom stereocenters. The maximum atomic E-state index is 12.1. The average molecular weight is 449 g/mol. The van der Waals surface area contributed by atoms with Crippen molar-refractivity contribution in [1.82, 2.24) is 0 Å². The number of hydrogen-bond acceptors (Lipinski definition) is 5. The Morgan fingerprint density at radius 2 is 1.69 bits per heavy atom. The Morgan fingerprint density at radius 1 is 1.00 bits per heavy atom. The van der Waals surface area contributed by atoms with Crippen molar-refractivity contribution in [2.24, 2.45) is 5.73 Å². The molecule has 1 fully saturated rings. The van der Waals surface area contributed by atoms with Gasteiger partial charge in [0.1, 0.15) is 5.75 Å². The number of carbonyl (C=O) groups is 1. The van der Waals surface area contributed by atoms with Crippen LogP contribution >= 0.6 is 11.8 Å². The summed E-state index contributed by atoms with van der Waals surface area (Å²) in [4.78, 5) is 14.2. The number of ether oxygens (including phenoxy) is 1. The first-order valence-corrected chi connectivity index (χ1v) is 11.7. The van der Waals surface area contributed by atoms with Crippen molar-refractivity contribution in [2.45, 2.75) is 47.6 Å². The molecule has 3 aromatic carbocycles. The minimum atomic E-state index is -0.452. The summed E-state index contributed by atoms with van der Waals surface area (Å²) in [5, 5.41) is 13.3. The van der Waals surface area contributed by atoms with Gasteiger partial charge in [0.05, 0.1) is 23.7 Å². The van der Waals surface area contributed by atoms with E-state index in [9.17, 15) is 9.90 Å². The first kappa shape index (κ1) is 22.2. The van der Waals surface area contributed by atoms with Crippen LogP contribution in [0.1, 0.15) is 36.0 Å². The highest BCUT2D eigenvalue weighted by Gasteiger charge is 2.21. The Hall–Kier alpha value is -2.96. The van der Waals surface area contributed by atoms with Gasteiger partial charge >= 0.3 is 0 Å². The smallest absolute Gasteiger partial charge is 0.250 e. The standard InChI is InChI=1S/C26H28N2O3S/c1-31-23-7-3-5-9-25(23)32-24-8-4-2-6-20(24)17-10-15-21(26(27)30)22(16-17)28-18-11-13-19(29)14-12-18/h2-10,15-16,18-19,28-29H,11-14H2,1H3,(H2,27,30)/t18-,19-. The Labute approximate surface area is 193 Å². The molecule has 166 valence electrons. The zero-order valence-electron chi connectivity index (χ0n) is 18.1. The van der Waals surface area contributed by atoms with Gasteiger partial charge < -0.3 is 20.9 Å². The van der Waals surface area contributed by atoms with Crippen molar-refractivity contribution in [2.75, 3.05) is 12.4 Å². The summed E-state index contributed by atoms with van der Waals surface area (Å²) in [6, 6.07) is 22.1. The number of para-hydroxylation sites is 1. The van der Waals surface area contributed by atoms with Crippen LogP contribution in [0.5, 0.6) is 5.75 Å². The molecule has 1 aliphatic rings. The van der Waals surface area contributed by atoms with Crippen LogP contribution in [0.4, 0.5) is 5.69 Å². The number of benzene rings is 3. The SMILES string of the molecule is COc1ccccc1Sc1ccccc1-c1ccc(C(N)=O)c(N[C@H]2CC[C@H](O)CC2)c1. The fourth-order valence-corrected chi connectivity index (χ4v) is 5.18. The summed E-state index contributed by atoms with van der Waals surface area (Å²) in [6.45, 7) is 0. The third-order valence-corrected chi connectivity index (χ3v) is 6.96. The molecule has 6 heteroatoms. The minimum absolute atomic E-state index is 0.213. The number of rotatable bonds is 7. The summed E-state index contributed by atoms with van der Waals surface area (Å²) in [6.07, 6.45) is 3.03. The topological polar surface area (TPSA) is 84.6 Å². The third-order valence-electron chi connectivity index (χ3n) is 5.83. The number of carbonyl (C=O) groups excluding carboxylic acids is 1. The molecule has 0 saturated heterocycles. The van der Waals surface area contributed by atoms with E-state index in [-0.39, 0.29) is 12.1 Å². The largest absolute Gasteiger partial charge is 0.496 e. The first-order valence-electron chi connectivity index (χ1n) is 10.8. The molecule has 0 radical (unpaired) electrons. The van der Waals surface area contributed by atoms with E-state index in [4.69, 9.17) is 10.5 Å². The van der Waals surface area contributed by atoms with Crippen LogP contribution in [0.25, 0.3) is 11.1 Å². The maximum Gasteiger partial charge on any atom is 0.250 e. The summed E-state index contributed by atoms with van der Waals surface area (Å²) >= 11 is 1.65. The normalized spacial score (nSPS) is 18.2. The quantitative estimate of drug-likeness (QED) is 0.455. The molecular weight excluding hydrogens is 420 g/mol. The molecule has 0 unspecified atom stereocenters. The van der Waals surface area contributed by atoms with E-state index >= 15 is 0 Å². The highest BCUT2D eigenvalue weighted by atomic mass is 32.2. The fraction of sp³-hybridized carbons (Fsp3) is 0.269. The number of anilines is 1. The Balaban J connectivity index is 1.67. The number of primary amides is 1. The monoisotopic (exact) mass is 448 g/mol. The van der Waals surface area contributed by atoms with Gasteiger partial charge in [-0.2, -0.15) is 0 Å². The van der Waals surface area contributed by atoms with Crippen molar-refractivity contribution >= 4 is 23.4 Å². The lowest BCUT2D eigenvalue weighted by atomic mass is 9.92. The number of hydrogen-bond donors (Lipinski definition) is 3. The third kappa shape index (κ3) is 5.09. The first-order chi connectivity index (χ1) is 15.5. The number of amides is 1. The number of methoxy groups -OCH3 is 1. The summed E-state index contributed by atoms with van der Waals surface area (Å²) in [5.74, 6) is 0.379. The van der Waals surface area contributed by atoms with Gasteiger partial charge in [0, 0.05) is 16.6 Å². The van der Waals surface area contributed by atoms with Crippen molar-refractivity contribution in [3.05, 3.63) is 72.3 Å². The van der Waals surface area contributed by atoms with Gasteiger partial charge in [-0.25, -0.2) is 0 Å². The molecule has 0 bridgehead atoms. The van der Waals surface area contributed by atoms with Gasteiger partial charge in [0.25, 0.3) is 5.91 Å². The van der Waals surface area contributed by atoms with Gasteiger partial charge in [0.15, 0.2) is 0 Å². The van der Waals surface area contributed by atoms with Crippen LogP contribution in [0.2, 0.25) is 0 Å². The second-order valence-corrected chi connectivity index (χ2v) is 9.11. The van der Waals surface area contributed by atoms with Crippen LogP contribution < -0.4 is 15.8 Å². The Morgan fingerprint density at radius 3 is 2.41 bits per heavy atom. The second-order valence-electron chi connectivity index (χ2n) is 8.02. The molecular formula is C26H28N2O3S. The molecule has 0 heterocycles. The lowest BCUT2D eigenvalue weighted by Crippen LogP contribution is -2.29. The highest BCUT2D eigenvalue weighted by Crippen LogP contribution is 2.40. The van der Waals surface area contributed by atoms with Gasteiger partial charge in [0.2, 0.25) is 0 Å². The number of aliphatic hydroxyl groups is 1. The van der Waals surface area contributed by atoms with Gasteiger partial charge in [-0.1, -0.05) is 48.2 Å². The van der Waals surface area contributed by atoms with Gasteiger partial charge in [-0.05, 0) is 67.1 Å². The predicted octanol–water partition coefficient (Wildman–Crippen LogP) is 5.33. The lowest BCUT2D eigenvalue weighted by Gasteiger charge is -2.28. The van der Waals surface area contributed by atoms with Crippen molar-refractivity contribution in [3.8, 4) is 16.9 Å². The molecule has 0 spiro atoms. The predicted molar refractivity (Wildman–Crippen MR) is 129 cm³/mol. The van der Waals surface area contributed by atoms with Gasteiger partial charge in [-0.3, -0.25) is 4.79 Å². The zero-order chi connectivity index (χ0) is 22.5. The summed E-state index contributed by atoms with van der Waals surface area (Å²) in [5.41, 5.74) is 8.96. The number of nitrogens with two attached hydrogens (primary N) is 1.